The predicted molar refractivity (Wildman–Crippen MR) is 89.6 cm³/mol. The summed E-state index contributed by atoms with van der Waals surface area (Å²) in [7, 11) is -4.91. The summed E-state index contributed by atoms with van der Waals surface area (Å²) in [5.41, 5.74) is -5.71. The Hall–Kier alpha value is -1.64. The smallest absolute Gasteiger partial charge is 0.387 e. The number of imidazole rings is 1. The molecule has 2 aromatic heterocycles. The van der Waals surface area contributed by atoms with Crippen LogP contribution in [0.15, 0.2) is 17.4 Å². The highest BCUT2D eigenvalue weighted by Gasteiger charge is 2.67. The number of thiol groups is 1. The average Bonchev–Trinajstić information content (AvgIpc) is 3.06. The van der Waals surface area contributed by atoms with Crippen LogP contribution in [0.1, 0.15) is 6.92 Å². The molecule has 2 aromatic rings. The molecule has 1 fully saturated rings. The second kappa shape index (κ2) is 6.46. The maximum Gasteiger partial charge on any atom is 0.469 e. The summed E-state index contributed by atoms with van der Waals surface area (Å²) in [4.78, 5) is 52.0. The number of aromatic nitrogens is 4. The minimum absolute atomic E-state index is 0.148. The maximum absolute atomic E-state index is 12.4. The summed E-state index contributed by atoms with van der Waals surface area (Å²) < 4.78 is 21.7. The minimum Gasteiger partial charge on any atom is -0.387 e. The van der Waals surface area contributed by atoms with Gasteiger partial charge in [-0.25, -0.2) is 14.5 Å². The zero-order chi connectivity index (χ0) is 20.2. The molecule has 3 rings (SSSR count). The van der Waals surface area contributed by atoms with E-state index in [2.05, 4.69) is 32.1 Å². The van der Waals surface area contributed by atoms with Crippen molar-refractivity contribution in [3.8, 4) is 0 Å². The van der Waals surface area contributed by atoms with Crippen molar-refractivity contribution in [1.29, 1.82) is 0 Å². The van der Waals surface area contributed by atoms with Crippen molar-refractivity contribution in [1.82, 2.24) is 19.5 Å². The topological polar surface area (TPSA) is 197 Å². The molecule has 1 aliphatic rings. The Balaban J connectivity index is 2.15. The van der Waals surface area contributed by atoms with Gasteiger partial charge in [-0.2, -0.15) is 0 Å². The van der Waals surface area contributed by atoms with E-state index in [-0.39, 0.29) is 11.2 Å². The monoisotopic (exact) mass is 422 g/mol. The fourth-order valence-electron chi connectivity index (χ4n) is 3.01. The third-order valence-corrected chi connectivity index (χ3v) is 5.10. The number of carbonyl (C=O) groups is 1. The Morgan fingerprint density at radius 1 is 1.52 bits per heavy atom. The molecule has 13 nitrogen and oxygen atoms in total. The molecule has 0 aliphatic carbocycles. The van der Waals surface area contributed by atoms with E-state index in [0.29, 0.717) is 0 Å². The van der Waals surface area contributed by atoms with E-state index in [1.165, 1.54) is 0 Å². The molecular formula is C12H15N4O9PS. The standard InChI is InChI=1S/C12H15N4O9PS/c1-11(20)7(17)5(2-24-26(21,22)23)25-12(11,10(19)27)16-4-15-6-8(16)13-3-14-9(6)18/h3-5,7,17,20H,2H2,1H3,(H,19,27)(H,13,14,18)(H2,21,22,23)/t5-,7-,11-,12-/m1/s1. The van der Waals surface area contributed by atoms with Crippen LogP contribution in [0.4, 0.5) is 0 Å². The van der Waals surface area contributed by atoms with Crippen LogP contribution in [0.3, 0.4) is 0 Å². The Morgan fingerprint density at radius 2 is 2.19 bits per heavy atom. The lowest BCUT2D eigenvalue weighted by Crippen LogP contribution is -2.58. The molecule has 0 spiro atoms. The Bertz CT molecular complexity index is 1000. The maximum atomic E-state index is 12.4. The summed E-state index contributed by atoms with van der Waals surface area (Å²) in [6.45, 7) is 0.216. The summed E-state index contributed by atoms with van der Waals surface area (Å²) in [5.74, 6) is 0. The van der Waals surface area contributed by atoms with Gasteiger partial charge in [0.15, 0.2) is 11.2 Å². The van der Waals surface area contributed by atoms with Crippen molar-refractivity contribution >= 4 is 36.7 Å². The number of phosphoric acid groups is 1. The van der Waals surface area contributed by atoms with Gasteiger partial charge in [0, 0.05) is 0 Å². The number of phosphoric ester groups is 1. The van der Waals surface area contributed by atoms with Crippen LogP contribution in [0, 0.1) is 0 Å². The predicted octanol–water partition coefficient (Wildman–Crippen LogP) is -2.15. The first kappa shape index (κ1) is 20.1. The highest BCUT2D eigenvalue weighted by atomic mass is 32.1. The second-order valence-electron chi connectivity index (χ2n) is 6.00. The Labute approximate surface area is 155 Å². The first-order valence-electron chi connectivity index (χ1n) is 7.35. The lowest BCUT2D eigenvalue weighted by Gasteiger charge is -2.37. The summed E-state index contributed by atoms with van der Waals surface area (Å²) in [6, 6.07) is 0. The highest BCUT2D eigenvalue weighted by Crippen LogP contribution is 2.47. The number of H-pyrrole nitrogens is 1. The molecule has 0 radical (unpaired) electrons. The van der Waals surface area contributed by atoms with E-state index in [9.17, 15) is 24.4 Å². The molecule has 0 aromatic carbocycles. The van der Waals surface area contributed by atoms with Crippen LogP contribution in [0.2, 0.25) is 0 Å². The number of ether oxygens (including phenoxy) is 1. The van der Waals surface area contributed by atoms with Gasteiger partial charge in [-0.15, -0.1) is 12.6 Å². The molecule has 148 valence electrons. The fourth-order valence-corrected chi connectivity index (χ4v) is 3.74. The number of aromatic amines is 1. The zero-order valence-electron chi connectivity index (χ0n) is 13.6. The summed E-state index contributed by atoms with van der Waals surface area (Å²) in [5, 5.41) is 20.2. The lowest BCUT2D eigenvalue weighted by molar-refractivity contribution is -0.185. The SMILES string of the molecule is C[C@@]1(O)[C@H](O)[C@@H](COP(=O)(O)O)O[C@@]1(C(=O)S)n1cnc2c(=O)[nH]cnc21. The van der Waals surface area contributed by atoms with Gasteiger partial charge >= 0.3 is 7.82 Å². The number of rotatable bonds is 5. The average molecular weight is 422 g/mol. The largest absolute Gasteiger partial charge is 0.469 e. The number of nitrogens with zero attached hydrogens (tertiary/aromatic N) is 3. The number of carbonyl (C=O) groups excluding carboxylic acids is 1. The number of aliphatic hydroxyl groups excluding tert-OH is 1. The number of fused-ring (bicyclic) bond motifs is 1. The Kier molecular flexibility index (Phi) is 4.81. The highest BCUT2D eigenvalue weighted by molar-refractivity contribution is 7.96. The Morgan fingerprint density at radius 3 is 2.78 bits per heavy atom. The van der Waals surface area contributed by atoms with Crippen molar-refractivity contribution < 1.29 is 38.6 Å². The van der Waals surface area contributed by atoms with Gasteiger partial charge in [0.2, 0.25) is 10.8 Å². The van der Waals surface area contributed by atoms with Gasteiger partial charge in [-0.05, 0) is 6.92 Å². The van der Waals surface area contributed by atoms with Crippen LogP contribution in [-0.4, -0.2) is 69.1 Å². The van der Waals surface area contributed by atoms with E-state index in [4.69, 9.17) is 14.5 Å². The van der Waals surface area contributed by atoms with Crippen LogP contribution in [0.25, 0.3) is 11.2 Å². The van der Waals surface area contributed by atoms with Crippen molar-refractivity contribution in [3.63, 3.8) is 0 Å². The quantitative estimate of drug-likeness (QED) is 0.227. The molecule has 1 aliphatic heterocycles. The molecule has 5 N–H and O–H groups in total. The van der Waals surface area contributed by atoms with Crippen molar-refractivity contribution in [2.75, 3.05) is 6.61 Å². The molecule has 1 saturated heterocycles. The number of aliphatic hydroxyl groups is 2. The molecule has 0 saturated carbocycles. The van der Waals surface area contributed by atoms with Gasteiger partial charge in [0.1, 0.15) is 24.1 Å². The lowest BCUT2D eigenvalue weighted by atomic mass is 9.88. The molecule has 0 bridgehead atoms. The number of hydrogen-bond acceptors (Lipinski definition) is 9. The van der Waals surface area contributed by atoms with Crippen molar-refractivity contribution in [2.45, 2.75) is 30.5 Å². The van der Waals surface area contributed by atoms with Crippen molar-refractivity contribution in [3.05, 3.63) is 23.0 Å². The van der Waals surface area contributed by atoms with Crippen molar-refractivity contribution in [2.24, 2.45) is 0 Å². The van der Waals surface area contributed by atoms with Crippen LogP contribution >= 0.6 is 20.5 Å². The van der Waals surface area contributed by atoms with Gasteiger partial charge in [0.05, 0.1) is 12.9 Å². The third kappa shape index (κ3) is 3.03. The van der Waals surface area contributed by atoms with Gasteiger partial charge in [0.25, 0.3) is 5.56 Å². The van der Waals surface area contributed by atoms with Crippen LogP contribution in [0.5, 0.6) is 0 Å². The number of hydrogen-bond donors (Lipinski definition) is 6. The molecule has 3 heterocycles. The molecule has 4 atom stereocenters. The molecular weight excluding hydrogens is 407 g/mol. The van der Waals surface area contributed by atoms with E-state index < -0.39 is 48.6 Å². The van der Waals surface area contributed by atoms with E-state index >= 15 is 0 Å². The van der Waals surface area contributed by atoms with Crippen LogP contribution < -0.4 is 5.56 Å². The molecule has 27 heavy (non-hydrogen) atoms. The first-order valence-corrected chi connectivity index (χ1v) is 9.32. The summed E-state index contributed by atoms with van der Waals surface area (Å²) in [6.07, 6.45) is -1.31. The van der Waals surface area contributed by atoms with Crippen LogP contribution in [-0.2, 0) is 24.3 Å². The van der Waals surface area contributed by atoms with E-state index in [1.807, 2.05) is 0 Å². The van der Waals surface area contributed by atoms with E-state index in [0.717, 1.165) is 24.1 Å². The molecule has 15 heteroatoms. The van der Waals surface area contributed by atoms with Gasteiger partial charge < -0.3 is 29.7 Å². The third-order valence-electron chi connectivity index (χ3n) is 4.31. The first-order chi connectivity index (χ1) is 12.4. The minimum atomic E-state index is -4.91. The van der Waals surface area contributed by atoms with Gasteiger partial charge in [-0.1, -0.05) is 0 Å². The van der Waals surface area contributed by atoms with E-state index in [1.54, 1.807) is 0 Å². The fraction of sp³-hybridized carbons (Fsp3) is 0.500. The summed E-state index contributed by atoms with van der Waals surface area (Å²) >= 11 is 3.74. The van der Waals surface area contributed by atoms with Gasteiger partial charge in [-0.3, -0.25) is 18.7 Å². The normalized spacial score (nSPS) is 31.5. The zero-order valence-corrected chi connectivity index (χ0v) is 15.4. The number of nitrogens with one attached hydrogen (secondary N) is 1. The molecule has 0 unspecified atom stereocenters. The molecule has 0 amide bonds. The second-order valence-corrected chi connectivity index (χ2v) is 7.65.